The van der Waals surface area contributed by atoms with Crippen molar-refractivity contribution >= 4 is 40.3 Å². The maximum Gasteiger partial charge on any atom is 0.271 e. The Morgan fingerprint density at radius 1 is 1.12 bits per heavy atom. The van der Waals surface area contributed by atoms with Gasteiger partial charge in [-0.25, -0.2) is 4.99 Å². The number of phenols is 1. The summed E-state index contributed by atoms with van der Waals surface area (Å²) in [4.78, 5) is 20.1. The van der Waals surface area contributed by atoms with Gasteiger partial charge < -0.3 is 20.7 Å². The Balaban J connectivity index is 1.77. The molecule has 33 heavy (non-hydrogen) atoms. The Morgan fingerprint density at radius 3 is 2.48 bits per heavy atom. The topological polar surface area (TPSA) is 108 Å². The van der Waals surface area contributed by atoms with Crippen LogP contribution in [0.25, 0.3) is 6.08 Å². The third kappa shape index (κ3) is 4.78. The van der Waals surface area contributed by atoms with Gasteiger partial charge in [0.15, 0.2) is 16.7 Å². The number of anilines is 1. The minimum absolute atomic E-state index is 0.123. The lowest BCUT2D eigenvalue weighted by Crippen LogP contribution is -2.28. The molecule has 0 unspecified atom stereocenters. The molecule has 0 saturated carbocycles. The number of amidine groups is 1. The van der Waals surface area contributed by atoms with Gasteiger partial charge >= 0.3 is 0 Å². The molecule has 7 nitrogen and oxygen atoms in total. The van der Waals surface area contributed by atoms with Gasteiger partial charge in [0.05, 0.1) is 30.0 Å². The van der Waals surface area contributed by atoms with Crippen molar-refractivity contribution in [2.45, 2.75) is 13.2 Å². The largest absolute Gasteiger partial charge is 0.504 e. The number of hydrogen-bond donors (Lipinski definition) is 3. The second kappa shape index (κ2) is 9.91. The number of nitrogens with two attached hydrogens (primary N) is 1. The second-order valence-electron chi connectivity index (χ2n) is 7.24. The van der Waals surface area contributed by atoms with E-state index in [2.05, 4.69) is 0 Å². The quantitative estimate of drug-likeness (QED) is 0.476. The number of benzene rings is 3. The standard InChI is InChI=1S/C25H23N3O4S/c1-32-21-12-17(11-18(15-29)23(21)30)13-22-24(31)28(20-5-3-2-4-6-20)25(33-22)27-19-9-7-16(14-26)8-10-19/h2-13,29-30H,14-15,26H2,1H3. The van der Waals surface area contributed by atoms with Gasteiger partial charge in [-0.3, -0.25) is 9.69 Å². The van der Waals surface area contributed by atoms with Crippen molar-refractivity contribution in [2.24, 2.45) is 10.7 Å². The molecule has 0 radical (unpaired) electrons. The van der Waals surface area contributed by atoms with E-state index in [0.29, 0.717) is 39.1 Å². The molecule has 0 aromatic heterocycles. The van der Waals surface area contributed by atoms with Gasteiger partial charge in [0, 0.05) is 12.1 Å². The van der Waals surface area contributed by atoms with Crippen LogP contribution in [0.3, 0.4) is 0 Å². The van der Waals surface area contributed by atoms with Crippen molar-refractivity contribution in [3.8, 4) is 11.5 Å². The van der Waals surface area contributed by atoms with Crippen LogP contribution < -0.4 is 15.4 Å². The van der Waals surface area contributed by atoms with Crippen molar-refractivity contribution < 1.29 is 19.7 Å². The summed E-state index contributed by atoms with van der Waals surface area (Å²) in [7, 11) is 1.43. The van der Waals surface area contributed by atoms with Crippen LogP contribution in [0, 0.1) is 0 Å². The van der Waals surface area contributed by atoms with Crippen molar-refractivity contribution in [1.82, 2.24) is 0 Å². The SMILES string of the molecule is COc1cc(C=C2SC(=Nc3ccc(CN)cc3)N(c3ccccc3)C2=O)cc(CO)c1O. The molecule has 4 N–H and O–H groups in total. The van der Waals surface area contributed by atoms with Crippen LogP contribution in [0.2, 0.25) is 0 Å². The first-order chi connectivity index (χ1) is 16.0. The molecule has 1 fully saturated rings. The number of rotatable bonds is 6. The Hall–Kier alpha value is -3.59. The fraction of sp³-hybridized carbons (Fsp3) is 0.120. The van der Waals surface area contributed by atoms with Crippen LogP contribution in [-0.4, -0.2) is 28.4 Å². The first-order valence-corrected chi connectivity index (χ1v) is 11.0. The normalized spacial score (nSPS) is 16.1. The molecule has 1 saturated heterocycles. The number of hydrogen-bond acceptors (Lipinski definition) is 7. The lowest BCUT2D eigenvalue weighted by Gasteiger charge is -2.15. The van der Waals surface area contributed by atoms with Gasteiger partial charge in [-0.05, 0) is 65.4 Å². The molecule has 4 rings (SSSR count). The summed E-state index contributed by atoms with van der Waals surface area (Å²) in [6.07, 6.45) is 1.70. The summed E-state index contributed by atoms with van der Waals surface area (Å²) >= 11 is 1.25. The molecule has 0 aliphatic carbocycles. The summed E-state index contributed by atoms with van der Waals surface area (Å²) in [5.41, 5.74) is 9.02. The van der Waals surface area contributed by atoms with E-state index in [1.54, 1.807) is 23.1 Å². The van der Waals surface area contributed by atoms with E-state index >= 15 is 0 Å². The van der Waals surface area contributed by atoms with Gasteiger partial charge in [-0.15, -0.1) is 0 Å². The van der Waals surface area contributed by atoms with Gasteiger partial charge in [0.25, 0.3) is 5.91 Å². The van der Waals surface area contributed by atoms with Crippen LogP contribution >= 0.6 is 11.8 Å². The van der Waals surface area contributed by atoms with Gasteiger partial charge in [-0.2, -0.15) is 0 Å². The number of aliphatic hydroxyl groups is 1. The summed E-state index contributed by atoms with van der Waals surface area (Å²) in [6.45, 7) is 0.0843. The number of aliphatic hydroxyl groups excluding tert-OH is 1. The van der Waals surface area contributed by atoms with Crippen LogP contribution in [0.15, 0.2) is 76.6 Å². The van der Waals surface area contributed by atoms with E-state index in [1.807, 2.05) is 54.6 Å². The average Bonchev–Trinajstić information content (AvgIpc) is 3.15. The average molecular weight is 462 g/mol. The number of nitrogens with zero attached hydrogens (tertiary/aromatic N) is 2. The molecule has 1 aliphatic rings. The predicted molar refractivity (Wildman–Crippen MR) is 132 cm³/mol. The maximum absolute atomic E-state index is 13.4. The number of methoxy groups -OCH3 is 1. The molecule has 1 heterocycles. The highest BCUT2D eigenvalue weighted by atomic mass is 32.2. The van der Waals surface area contributed by atoms with E-state index in [4.69, 9.17) is 15.5 Å². The third-order valence-corrected chi connectivity index (χ3v) is 6.05. The van der Waals surface area contributed by atoms with Crippen molar-refractivity contribution in [3.05, 3.63) is 88.3 Å². The lowest BCUT2D eigenvalue weighted by atomic mass is 10.1. The number of carbonyl (C=O) groups is 1. The van der Waals surface area contributed by atoms with E-state index in [0.717, 1.165) is 5.56 Å². The van der Waals surface area contributed by atoms with E-state index < -0.39 is 0 Å². The van der Waals surface area contributed by atoms with E-state index in [-0.39, 0.29) is 24.0 Å². The molecule has 3 aromatic rings. The smallest absolute Gasteiger partial charge is 0.271 e. The fourth-order valence-corrected chi connectivity index (χ4v) is 4.37. The van der Waals surface area contributed by atoms with E-state index in [9.17, 15) is 15.0 Å². The first kappa shape index (κ1) is 22.6. The van der Waals surface area contributed by atoms with Crippen LogP contribution in [0.1, 0.15) is 16.7 Å². The third-order valence-electron chi connectivity index (χ3n) is 5.08. The monoisotopic (exact) mass is 461 g/mol. The number of ether oxygens (including phenoxy) is 1. The van der Waals surface area contributed by atoms with Crippen LogP contribution in [-0.2, 0) is 17.9 Å². The summed E-state index contributed by atoms with van der Waals surface area (Å²) in [5, 5.41) is 20.2. The van der Waals surface area contributed by atoms with Gasteiger partial charge in [0.2, 0.25) is 0 Å². The molecule has 3 aromatic carbocycles. The zero-order chi connectivity index (χ0) is 23.4. The molecule has 1 amide bonds. The first-order valence-electron chi connectivity index (χ1n) is 10.2. The minimum Gasteiger partial charge on any atom is -0.504 e. The Kier molecular flexibility index (Phi) is 6.79. The van der Waals surface area contributed by atoms with Crippen molar-refractivity contribution in [3.63, 3.8) is 0 Å². The molecule has 0 spiro atoms. The van der Waals surface area contributed by atoms with Crippen molar-refractivity contribution in [2.75, 3.05) is 12.0 Å². The van der Waals surface area contributed by atoms with Crippen LogP contribution in [0.5, 0.6) is 11.5 Å². The Labute approximate surface area is 195 Å². The highest BCUT2D eigenvalue weighted by Gasteiger charge is 2.34. The van der Waals surface area contributed by atoms with Gasteiger partial charge in [0.1, 0.15) is 0 Å². The van der Waals surface area contributed by atoms with Crippen LogP contribution in [0.4, 0.5) is 11.4 Å². The summed E-state index contributed by atoms with van der Waals surface area (Å²) in [6, 6.07) is 20.1. The summed E-state index contributed by atoms with van der Waals surface area (Å²) < 4.78 is 5.20. The Morgan fingerprint density at radius 2 is 1.85 bits per heavy atom. The molecule has 0 bridgehead atoms. The Bertz CT molecular complexity index is 1200. The zero-order valence-electron chi connectivity index (χ0n) is 17.9. The van der Waals surface area contributed by atoms with Crippen molar-refractivity contribution in [1.29, 1.82) is 0 Å². The predicted octanol–water partition coefficient (Wildman–Crippen LogP) is 4.16. The lowest BCUT2D eigenvalue weighted by molar-refractivity contribution is -0.113. The minimum atomic E-state index is -0.359. The van der Waals surface area contributed by atoms with E-state index in [1.165, 1.54) is 18.9 Å². The molecular weight excluding hydrogens is 438 g/mol. The number of thioether (sulfide) groups is 1. The molecule has 8 heteroatoms. The zero-order valence-corrected chi connectivity index (χ0v) is 18.7. The van der Waals surface area contributed by atoms with Gasteiger partial charge in [-0.1, -0.05) is 30.3 Å². The molecule has 0 atom stereocenters. The molecular formula is C25H23N3O4S. The molecule has 168 valence electrons. The highest BCUT2D eigenvalue weighted by Crippen LogP contribution is 2.39. The number of aliphatic imine (C=N–C) groups is 1. The number of aromatic hydroxyl groups is 1. The fourth-order valence-electron chi connectivity index (χ4n) is 3.37. The molecule has 1 aliphatic heterocycles. The highest BCUT2D eigenvalue weighted by molar-refractivity contribution is 8.19. The number of carbonyl (C=O) groups excluding carboxylic acids is 1. The number of para-hydroxylation sites is 1. The number of amides is 1. The maximum atomic E-state index is 13.4. The second-order valence-corrected chi connectivity index (χ2v) is 8.25. The summed E-state index contributed by atoms with van der Waals surface area (Å²) in [5.74, 6) is -0.125.